The first-order chi connectivity index (χ1) is 22.1. The second-order valence-corrected chi connectivity index (χ2v) is 14.8. The fraction of sp³-hybridized carbons (Fsp3) is 1.00. The van der Waals surface area contributed by atoms with Gasteiger partial charge in [-0.05, 0) is 25.7 Å². The van der Waals surface area contributed by atoms with Crippen molar-refractivity contribution in [1.29, 1.82) is 0 Å². The number of hydrogen-bond donors (Lipinski definition) is 4. The third-order valence-electron chi connectivity index (χ3n) is 8.90. The molecule has 6 nitrogen and oxygen atoms in total. The average Bonchev–Trinajstić information content (AvgIpc) is 3.04. The van der Waals surface area contributed by atoms with Gasteiger partial charge in [0.1, 0.15) is 0 Å². The predicted octanol–water partition coefficient (Wildman–Crippen LogP) is 9.38. The molecular weight excluding hydrogens is 584 g/mol. The van der Waals surface area contributed by atoms with E-state index in [1.54, 1.807) is 0 Å². The highest BCUT2D eigenvalue weighted by atomic mass is 32.2. The van der Waals surface area contributed by atoms with E-state index in [0.29, 0.717) is 26.1 Å². The third kappa shape index (κ3) is 31.2. The fourth-order valence-electron chi connectivity index (χ4n) is 5.89. The van der Waals surface area contributed by atoms with Crippen molar-refractivity contribution in [3.8, 4) is 0 Å². The minimum Gasteiger partial charge on any atom is -0.396 e. The summed E-state index contributed by atoms with van der Waals surface area (Å²) >= 11 is 1.45. The van der Waals surface area contributed by atoms with Crippen molar-refractivity contribution in [3.63, 3.8) is 0 Å². The van der Waals surface area contributed by atoms with Gasteiger partial charge in [-0.25, -0.2) is 0 Å². The van der Waals surface area contributed by atoms with Gasteiger partial charge in [0, 0.05) is 36.9 Å². The molecule has 0 aliphatic heterocycles. The van der Waals surface area contributed by atoms with E-state index in [2.05, 4.69) is 13.8 Å². The van der Waals surface area contributed by atoms with E-state index < -0.39 is 12.2 Å². The summed E-state index contributed by atoms with van der Waals surface area (Å²) in [6, 6.07) is 0. The quantitative estimate of drug-likeness (QED) is 0.0489. The minimum absolute atomic E-state index is 0.0368. The standard InChI is InChI=1S/C38H78O6S/c1-3-5-7-9-11-13-15-17-19-21-23-25-31-43-33-35(41)37(27-29-39)45-38(28-30-40)36(42)34-44-32-26-24-22-20-18-16-14-12-10-8-6-4-2/h35-42H,3-34H2,1-2H3. The Labute approximate surface area is 284 Å². The van der Waals surface area contributed by atoms with Crippen LogP contribution in [0.15, 0.2) is 0 Å². The highest BCUT2D eigenvalue weighted by Gasteiger charge is 2.28. The summed E-state index contributed by atoms with van der Waals surface area (Å²) in [6.07, 6.45) is 30.7. The lowest BCUT2D eigenvalue weighted by atomic mass is 10.1. The molecule has 4 unspecified atom stereocenters. The fourth-order valence-corrected chi connectivity index (χ4v) is 7.35. The Balaban J connectivity index is 3.99. The topological polar surface area (TPSA) is 99.4 Å². The zero-order valence-corrected chi connectivity index (χ0v) is 30.8. The van der Waals surface area contributed by atoms with E-state index in [0.717, 1.165) is 25.7 Å². The number of aliphatic hydroxyl groups is 4. The maximum atomic E-state index is 10.8. The Morgan fingerprint density at radius 3 is 0.956 bits per heavy atom. The summed E-state index contributed by atoms with van der Waals surface area (Å²) in [5.41, 5.74) is 0. The van der Waals surface area contributed by atoms with E-state index in [1.165, 1.54) is 140 Å². The Morgan fingerprint density at radius 1 is 0.422 bits per heavy atom. The molecule has 0 saturated carbocycles. The molecule has 0 saturated heterocycles. The van der Waals surface area contributed by atoms with Crippen LogP contribution in [-0.4, -0.2) is 82.8 Å². The van der Waals surface area contributed by atoms with Gasteiger partial charge in [0.15, 0.2) is 0 Å². The first-order valence-electron chi connectivity index (χ1n) is 19.5. The van der Waals surface area contributed by atoms with Crippen molar-refractivity contribution in [2.75, 3.05) is 39.6 Å². The molecule has 272 valence electrons. The summed E-state index contributed by atoms with van der Waals surface area (Å²) in [4.78, 5) is 0. The van der Waals surface area contributed by atoms with Crippen molar-refractivity contribution in [3.05, 3.63) is 0 Å². The zero-order chi connectivity index (χ0) is 33.1. The van der Waals surface area contributed by atoms with Crippen molar-refractivity contribution in [1.82, 2.24) is 0 Å². The van der Waals surface area contributed by atoms with E-state index in [-0.39, 0.29) is 36.9 Å². The van der Waals surface area contributed by atoms with Crippen LogP contribution in [0.2, 0.25) is 0 Å². The van der Waals surface area contributed by atoms with Crippen LogP contribution in [0.1, 0.15) is 181 Å². The number of thioether (sulfide) groups is 1. The molecule has 0 aromatic carbocycles. The molecule has 0 heterocycles. The van der Waals surface area contributed by atoms with Gasteiger partial charge < -0.3 is 29.9 Å². The molecule has 4 atom stereocenters. The lowest BCUT2D eigenvalue weighted by Gasteiger charge is -2.29. The number of rotatable bonds is 38. The van der Waals surface area contributed by atoms with Gasteiger partial charge in [0.05, 0.1) is 25.4 Å². The zero-order valence-electron chi connectivity index (χ0n) is 30.0. The van der Waals surface area contributed by atoms with Crippen LogP contribution in [0, 0.1) is 0 Å². The van der Waals surface area contributed by atoms with Crippen LogP contribution < -0.4 is 0 Å². The molecular formula is C38H78O6S. The molecule has 0 fully saturated rings. The molecule has 0 aliphatic carbocycles. The van der Waals surface area contributed by atoms with E-state index in [9.17, 15) is 20.4 Å². The van der Waals surface area contributed by atoms with Crippen molar-refractivity contribution < 1.29 is 29.9 Å². The first kappa shape index (κ1) is 45.1. The molecule has 7 heteroatoms. The van der Waals surface area contributed by atoms with Gasteiger partial charge >= 0.3 is 0 Å². The molecule has 0 rings (SSSR count). The largest absolute Gasteiger partial charge is 0.396 e. The van der Waals surface area contributed by atoms with Crippen LogP contribution >= 0.6 is 11.8 Å². The maximum Gasteiger partial charge on any atom is 0.0892 e. The second kappa shape index (κ2) is 36.9. The van der Waals surface area contributed by atoms with E-state index in [4.69, 9.17) is 9.47 Å². The van der Waals surface area contributed by atoms with Gasteiger partial charge in [-0.3, -0.25) is 0 Å². The van der Waals surface area contributed by atoms with Crippen LogP contribution in [0.5, 0.6) is 0 Å². The highest BCUT2D eigenvalue weighted by molar-refractivity contribution is 8.00. The predicted molar refractivity (Wildman–Crippen MR) is 194 cm³/mol. The van der Waals surface area contributed by atoms with Crippen LogP contribution in [0.3, 0.4) is 0 Å². The normalized spacial score (nSPS) is 14.5. The van der Waals surface area contributed by atoms with Crippen LogP contribution in [0.25, 0.3) is 0 Å². The van der Waals surface area contributed by atoms with Gasteiger partial charge in [-0.15, -0.1) is 11.8 Å². The summed E-state index contributed by atoms with van der Waals surface area (Å²) in [7, 11) is 0. The molecule has 0 aromatic rings. The maximum absolute atomic E-state index is 10.8. The van der Waals surface area contributed by atoms with Gasteiger partial charge in [0.25, 0.3) is 0 Å². The van der Waals surface area contributed by atoms with Gasteiger partial charge in [-0.2, -0.15) is 0 Å². The Kier molecular flexibility index (Phi) is 37.0. The highest BCUT2D eigenvalue weighted by Crippen LogP contribution is 2.28. The lowest BCUT2D eigenvalue weighted by molar-refractivity contribution is 0.0264. The number of unbranched alkanes of at least 4 members (excludes halogenated alkanes) is 22. The Bertz CT molecular complexity index is 508. The summed E-state index contributed by atoms with van der Waals surface area (Å²) in [6.45, 7) is 6.19. The van der Waals surface area contributed by atoms with Crippen LogP contribution in [-0.2, 0) is 9.47 Å². The SMILES string of the molecule is CCCCCCCCCCCCCCOCC(O)C(CCO)SC(CCO)C(O)COCCCCCCCCCCCCCC. The first-order valence-corrected chi connectivity index (χ1v) is 20.4. The van der Waals surface area contributed by atoms with Crippen molar-refractivity contribution in [2.24, 2.45) is 0 Å². The molecule has 0 aromatic heterocycles. The number of hydrogen-bond acceptors (Lipinski definition) is 7. The van der Waals surface area contributed by atoms with E-state index in [1.807, 2.05) is 0 Å². The molecule has 0 aliphatic rings. The van der Waals surface area contributed by atoms with Crippen molar-refractivity contribution >= 4 is 11.8 Å². The smallest absolute Gasteiger partial charge is 0.0892 e. The summed E-state index contributed by atoms with van der Waals surface area (Å²) in [5, 5.41) is 40.3. The Hall–Kier alpha value is 0.110. The minimum atomic E-state index is -0.727. The molecule has 45 heavy (non-hydrogen) atoms. The molecule has 0 radical (unpaired) electrons. The monoisotopic (exact) mass is 663 g/mol. The van der Waals surface area contributed by atoms with Crippen molar-refractivity contribution in [2.45, 2.75) is 203 Å². The average molecular weight is 663 g/mol. The lowest BCUT2D eigenvalue weighted by Crippen LogP contribution is -2.36. The third-order valence-corrected chi connectivity index (χ3v) is 10.7. The molecule has 0 spiro atoms. The number of aliphatic hydroxyl groups excluding tert-OH is 4. The number of ether oxygens (including phenoxy) is 2. The van der Waals surface area contributed by atoms with E-state index >= 15 is 0 Å². The second-order valence-electron chi connectivity index (χ2n) is 13.3. The van der Waals surface area contributed by atoms with Gasteiger partial charge in [-0.1, -0.05) is 155 Å². The van der Waals surface area contributed by atoms with Crippen LogP contribution in [0.4, 0.5) is 0 Å². The summed E-state index contributed by atoms with van der Waals surface area (Å²) in [5.74, 6) is 0. The molecule has 0 bridgehead atoms. The van der Waals surface area contributed by atoms with Gasteiger partial charge in [0.2, 0.25) is 0 Å². The Morgan fingerprint density at radius 2 is 0.689 bits per heavy atom. The summed E-state index contributed by atoms with van der Waals surface area (Å²) < 4.78 is 11.6. The molecule has 0 amide bonds. The molecule has 4 N–H and O–H groups in total.